The van der Waals surface area contributed by atoms with E-state index >= 15 is 0 Å². The molecule has 0 saturated heterocycles. The van der Waals surface area contributed by atoms with Crippen LogP contribution in [-0.2, 0) is 10.0 Å². The van der Waals surface area contributed by atoms with E-state index in [1.807, 2.05) is 0 Å². The maximum Gasteiger partial charge on any atom is 0.265 e. The molecular formula is C12H8Br2Cl2N2O2S. The van der Waals surface area contributed by atoms with Crippen molar-refractivity contribution in [2.75, 3.05) is 10.5 Å². The lowest BCUT2D eigenvalue weighted by atomic mass is 10.3. The number of hydrogen-bond acceptors (Lipinski definition) is 3. The third kappa shape index (κ3) is 3.65. The zero-order chi connectivity index (χ0) is 15.8. The molecule has 0 aliphatic rings. The molecule has 0 bridgehead atoms. The van der Waals surface area contributed by atoms with Crippen molar-refractivity contribution in [3.63, 3.8) is 0 Å². The lowest BCUT2D eigenvalue weighted by Gasteiger charge is -2.14. The first-order chi connectivity index (χ1) is 9.72. The Balaban J connectivity index is 2.54. The van der Waals surface area contributed by atoms with E-state index in [1.54, 1.807) is 12.1 Å². The lowest BCUT2D eigenvalue weighted by molar-refractivity contribution is 0.601. The third-order valence-corrected chi connectivity index (χ3v) is 5.95. The van der Waals surface area contributed by atoms with Crippen LogP contribution in [0.1, 0.15) is 0 Å². The van der Waals surface area contributed by atoms with Gasteiger partial charge in [-0.3, -0.25) is 4.72 Å². The fraction of sp³-hybridized carbons (Fsp3) is 0. The van der Waals surface area contributed by atoms with Gasteiger partial charge in [-0.15, -0.1) is 0 Å². The number of hydrogen-bond donors (Lipinski definition) is 2. The van der Waals surface area contributed by atoms with E-state index in [4.69, 9.17) is 28.9 Å². The molecule has 0 amide bonds. The summed E-state index contributed by atoms with van der Waals surface area (Å²) in [7, 11) is -3.95. The SMILES string of the molecule is Nc1cc(Br)cc(Br)c1S(=O)(=O)Nc1c(Cl)cccc1Cl. The number of sulfonamides is 1. The van der Waals surface area contributed by atoms with Crippen LogP contribution in [0.4, 0.5) is 11.4 Å². The van der Waals surface area contributed by atoms with Crippen molar-refractivity contribution in [2.45, 2.75) is 4.90 Å². The van der Waals surface area contributed by atoms with Crippen LogP contribution >= 0.6 is 55.1 Å². The molecule has 2 aromatic carbocycles. The molecule has 9 heteroatoms. The Morgan fingerprint density at radius 3 is 2.19 bits per heavy atom. The molecule has 0 saturated carbocycles. The summed E-state index contributed by atoms with van der Waals surface area (Å²) in [5.74, 6) is 0. The van der Waals surface area contributed by atoms with Crippen molar-refractivity contribution >= 4 is 76.5 Å². The van der Waals surface area contributed by atoms with E-state index in [2.05, 4.69) is 36.6 Å². The van der Waals surface area contributed by atoms with Gasteiger partial charge in [0.15, 0.2) is 0 Å². The molecule has 0 aliphatic heterocycles. The molecule has 0 aromatic heterocycles. The minimum atomic E-state index is -3.95. The Bertz CT molecular complexity index is 770. The highest BCUT2D eigenvalue weighted by atomic mass is 79.9. The zero-order valence-corrected chi connectivity index (χ0v) is 15.7. The summed E-state index contributed by atoms with van der Waals surface area (Å²) in [6.45, 7) is 0. The molecule has 0 spiro atoms. The fourth-order valence-electron chi connectivity index (χ4n) is 1.64. The monoisotopic (exact) mass is 472 g/mol. The van der Waals surface area contributed by atoms with E-state index < -0.39 is 10.0 Å². The predicted octanol–water partition coefficient (Wildman–Crippen LogP) is 4.90. The van der Waals surface area contributed by atoms with Gasteiger partial charge in [0.25, 0.3) is 10.0 Å². The van der Waals surface area contributed by atoms with Crippen LogP contribution in [0, 0.1) is 0 Å². The van der Waals surface area contributed by atoms with Gasteiger partial charge in [0.05, 0.1) is 21.4 Å². The second kappa shape index (κ2) is 6.34. The molecule has 0 fully saturated rings. The van der Waals surface area contributed by atoms with Crippen LogP contribution < -0.4 is 10.5 Å². The van der Waals surface area contributed by atoms with E-state index in [-0.39, 0.29) is 26.3 Å². The molecular weight excluding hydrogens is 467 g/mol. The molecule has 3 N–H and O–H groups in total. The van der Waals surface area contributed by atoms with E-state index in [0.717, 1.165) is 0 Å². The smallest absolute Gasteiger partial charge is 0.265 e. The van der Waals surface area contributed by atoms with Crippen molar-refractivity contribution in [3.8, 4) is 0 Å². The Morgan fingerprint density at radius 2 is 1.67 bits per heavy atom. The van der Waals surface area contributed by atoms with Crippen molar-refractivity contribution in [3.05, 3.63) is 49.3 Å². The van der Waals surface area contributed by atoms with Gasteiger partial charge in [-0.25, -0.2) is 8.42 Å². The standard InChI is InChI=1S/C12H8Br2Cl2N2O2S/c13-6-4-7(14)12(10(17)5-6)21(19,20)18-11-8(15)2-1-3-9(11)16/h1-5,18H,17H2. The molecule has 0 unspecified atom stereocenters. The van der Waals surface area contributed by atoms with E-state index in [9.17, 15) is 8.42 Å². The van der Waals surface area contributed by atoms with Crippen molar-refractivity contribution in [1.29, 1.82) is 0 Å². The van der Waals surface area contributed by atoms with Gasteiger partial charge in [-0.2, -0.15) is 0 Å². The summed E-state index contributed by atoms with van der Waals surface area (Å²) >= 11 is 18.4. The molecule has 0 heterocycles. The maximum absolute atomic E-state index is 12.5. The van der Waals surface area contributed by atoms with E-state index in [0.29, 0.717) is 8.95 Å². The topological polar surface area (TPSA) is 72.2 Å². The molecule has 4 nitrogen and oxygen atoms in total. The summed E-state index contributed by atoms with van der Waals surface area (Å²) in [6, 6.07) is 7.76. The van der Waals surface area contributed by atoms with Crippen LogP contribution in [-0.4, -0.2) is 8.42 Å². The molecule has 2 rings (SSSR count). The minimum Gasteiger partial charge on any atom is -0.398 e. The second-order valence-electron chi connectivity index (χ2n) is 4.01. The highest BCUT2D eigenvalue weighted by Gasteiger charge is 2.23. The molecule has 21 heavy (non-hydrogen) atoms. The van der Waals surface area contributed by atoms with Crippen LogP contribution in [0.15, 0.2) is 44.2 Å². The van der Waals surface area contributed by atoms with Gasteiger partial charge in [0, 0.05) is 8.95 Å². The van der Waals surface area contributed by atoms with Crippen LogP contribution in [0.25, 0.3) is 0 Å². The minimum absolute atomic E-state index is 0.0818. The maximum atomic E-state index is 12.5. The summed E-state index contributed by atoms with van der Waals surface area (Å²) in [4.78, 5) is -0.0818. The Morgan fingerprint density at radius 1 is 1.10 bits per heavy atom. The summed E-state index contributed by atoms with van der Waals surface area (Å²) in [5.41, 5.74) is 5.99. The molecule has 112 valence electrons. The highest BCUT2D eigenvalue weighted by Crippen LogP contribution is 2.36. The van der Waals surface area contributed by atoms with Crippen LogP contribution in [0.5, 0.6) is 0 Å². The highest BCUT2D eigenvalue weighted by molar-refractivity contribution is 9.11. The van der Waals surface area contributed by atoms with Gasteiger partial charge in [0.2, 0.25) is 0 Å². The summed E-state index contributed by atoms with van der Waals surface area (Å²) < 4.78 is 28.3. The number of rotatable bonds is 3. The number of nitrogens with one attached hydrogen (secondary N) is 1. The number of para-hydroxylation sites is 1. The number of benzene rings is 2. The average Bonchev–Trinajstić information content (AvgIpc) is 2.32. The zero-order valence-electron chi connectivity index (χ0n) is 10.2. The van der Waals surface area contributed by atoms with E-state index in [1.165, 1.54) is 18.2 Å². The van der Waals surface area contributed by atoms with Crippen molar-refractivity contribution in [2.24, 2.45) is 0 Å². The number of anilines is 2. The predicted molar refractivity (Wildman–Crippen MR) is 93.5 cm³/mol. The molecule has 0 radical (unpaired) electrons. The normalized spacial score (nSPS) is 11.4. The first kappa shape index (κ1) is 16.9. The van der Waals surface area contributed by atoms with Gasteiger partial charge in [-0.05, 0) is 40.2 Å². The summed E-state index contributed by atoms with van der Waals surface area (Å²) in [6.07, 6.45) is 0. The lowest BCUT2D eigenvalue weighted by Crippen LogP contribution is -2.16. The second-order valence-corrected chi connectivity index (χ2v) is 8.21. The number of halogens is 4. The Hall–Kier alpha value is -0.470. The average molecular weight is 475 g/mol. The van der Waals surface area contributed by atoms with Crippen molar-refractivity contribution in [1.82, 2.24) is 0 Å². The quantitative estimate of drug-likeness (QED) is 0.621. The number of nitrogen functional groups attached to an aromatic ring is 1. The summed E-state index contributed by atoms with van der Waals surface area (Å²) in [5, 5.41) is 0.385. The van der Waals surface area contributed by atoms with Gasteiger partial charge in [0.1, 0.15) is 4.90 Å². The van der Waals surface area contributed by atoms with Crippen molar-refractivity contribution < 1.29 is 8.42 Å². The van der Waals surface area contributed by atoms with Gasteiger partial charge >= 0.3 is 0 Å². The third-order valence-electron chi connectivity index (χ3n) is 2.51. The first-order valence-corrected chi connectivity index (χ1v) is 9.26. The Kier molecular flexibility index (Phi) is 5.10. The largest absolute Gasteiger partial charge is 0.398 e. The van der Waals surface area contributed by atoms with Gasteiger partial charge < -0.3 is 5.73 Å². The van der Waals surface area contributed by atoms with Crippen LogP contribution in [0.3, 0.4) is 0 Å². The Labute approximate surface area is 148 Å². The molecule has 0 atom stereocenters. The first-order valence-electron chi connectivity index (χ1n) is 5.43. The fourth-order valence-corrected chi connectivity index (χ4v) is 5.42. The van der Waals surface area contributed by atoms with Crippen LogP contribution in [0.2, 0.25) is 10.0 Å². The van der Waals surface area contributed by atoms with Gasteiger partial charge in [-0.1, -0.05) is 45.2 Å². The number of nitrogens with two attached hydrogens (primary N) is 1. The molecule has 0 aliphatic carbocycles. The molecule has 2 aromatic rings.